The van der Waals surface area contributed by atoms with E-state index in [9.17, 15) is 0 Å². The standard InChI is InChI=1S/C22H21N5O/c23-21-12-10-19(22(24)25-21)20-11-9-16(26-27-20)13-15-5-4-8-18(14-15)28-17-6-2-1-3-7-17/h1-8,10-12,14,16H,9,13H2,(H4,23,24,25). The summed E-state index contributed by atoms with van der Waals surface area (Å²) in [6.45, 7) is 0. The van der Waals surface area contributed by atoms with Crippen molar-refractivity contribution < 1.29 is 4.74 Å². The second kappa shape index (κ2) is 7.92. The van der Waals surface area contributed by atoms with Crippen molar-refractivity contribution in [3.05, 3.63) is 83.9 Å². The quantitative estimate of drug-likeness (QED) is 0.670. The number of hydrogen-bond acceptors (Lipinski definition) is 6. The van der Waals surface area contributed by atoms with Crippen LogP contribution in [-0.4, -0.2) is 11.0 Å². The second-order valence-electron chi connectivity index (χ2n) is 6.63. The van der Waals surface area contributed by atoms with Crippen molar-refractivity contribution >= 4 is 17.3 Å². The highest BCUT2D eigenvalue weighted by molar-refractivity contribution is 5.73. The van der Waals surface area contributed by atoms with E-state index in [2.05, 4.69) is 21.3 Å². The molecule has 1 unspecified atom stereocenters. The fourth-order valence-corrected chi connectivity index (χ4v) is 3.11. The number of nitrogens with two attached hydrogens (primary N) is 2. The fourth-order valence-electron chi connectivity index (χ4n) is 3.11. The molecule has 4 N–H and O–H groups in total. The molecule has 1 aromatic heterocycles. The van der Waals surface area contributed by atoms with Crippen LogP contribution >= 0.6 is 0 Å². The Morgan fingerprint density at radius 1 is 0.929 bits per heavy atom. The summed E-state index contributed by atoms with van der Waals surface area (Å²) < 4.78 is 5.91. The Labute approximate surface area is 163 Å². The Bertz CT molecular complexity index is 1030. The number of aromatic nitrogens is 1. The van der Waals surface area contributed by atoms with Crippen LogP contribution in [-0.2, 0) is 6.42 Å². The van der Waals surface area contributed by atoms with Gasteiger partial charge >= 0.3 is 0 Å². The van der Waals surface area contributed by atoms with Gasteiger partial charge in [-0.1, -0.05) is 36.4 Å². The number of ether oxygens (including phenoxy) is 1. The zero-order valence-electron chi connectivity index (χ0n) is 15.3. The van der Waals surface area contributed by atoms with Gasteiger partial charge in [-0.25, -0.2) is 4.98 Å². The minimum Gasteiger partial charge on any atom is -0.457 e. The molecule has 1 aliphatic heterocycles. The van der Waals surface area contributed by atoms with E-state index >= 15 is 0 Å². The fraction of sp³-hybridized carbons (Fsp3) is 0.136. The Hall–Kier alpha value is -3.67. The van der Waals surface area contributed by atoms with E-state index in [0.717, 1.165) is 41.2 Å². The monoisotopic (exact) mass is 371 g/mol. The lowest BCUT2D eigenvalue weighted by Crippen LogP contribution is -2.10. The zero-order valence-corrected chi connectivity index (χ0v) is 15.3. The summed E-state index contributed by atoms with van der Waals surface area (Å²) in [5.74, 6) is 2.40. The van der Waals surface area contributed by atoms with Gasteiger partial charge in [0.1, 0.15) is 23.1 Å². The topological polar surface area (TPSA) is 98.9 Å². The molecule has 2 aromatic carbocycles. The predicted molar refractivity (Wildman–Crippen MR) is 111 cm³/mol. The highest BCUT2D eigenvalue weighted by Gasteiger charge is 2.16. The number of pyridine rings is 1. The molecular formula is C22H21N5O. The van der Waals surface area contributed by atoms with E-state index in [1.54, 1.807) is 6.07 Å². The summed E-state index contributed by atoms with van der Waals surface area (Å²) in [6, 6.07) is 21.4. The van der Waals surface area contributed by atoms with Gasteiger partial charge in [0, 0.05) is 5.56 Å². The molecule has 28 heavy (non-hydrogen) atoms. The lowest BCUT2D eigenvalue weighted by Gasteiger charge is -2.16. The molecule has 0 aliphatic carbocycles. The van der Waals surface area contributed by atoms with Crippen molar-refractivity contribution in [2.75, 3.05) is 11.5 Å². The maximum absolute atomic E-state index is 5.94. The van der Waals surface area contributed by atoms with Gasteiger partial charge in [-0.2, -0.15) is 10.2 Å². The van der Waals surface area contributed by atoms with Gasteiger partial charge in [0.25, 0.3) is 0 Å². The molecule has 0 fully saturated rings. The Balaban J connectivity index is 1.42. The SMILES string of the molecule is Nc1ccc(C2=CCC(Cc3cccc(Oc4ccccc4)c3)N=N2)c(N)n1. The van der Waals surface area contributed by atoms with Crippen LogP contribution in [0.25, 0.3) is 5.70 Å². The highest BCUT2D eigenvalue weighted by Crippen LogP contribution is 2.28. The van der Waals surface area contributed by atoms with Crippen LogP contribution in [0.15, 0.2) is 83.0 Å². The number of nitrogen functional groups attached to an aromatic ring is 2. The minimum absolute atomic E-state index is 0.0821. The van der Waals surface area contributed by atoms with Crippen molar-refractivity contribution in [1.29, 1.82) is 0 Å². The van der Waals surface area contributed by atoms with E-state index < -0.39 is 0 Å². The maximum Gasteiger partial charge on any atom is 0.135 e. The van der Waals surface area contributed by atoms with Gasteiger partial charge in [0.15, 0.2) is 0 Å². The minimum atomic E-state index is 0.0821. The average Bonchev–Trinajstić information content (AvgIpc) is 2.70. The Morgan fingerprint density at radius 3 is 2.50 bits per heavy atom. The summed E-state index contributed by atoms with van der Waals surface area (Å²) in [5.41, 5.74) is 14.2. The van der Waals surface area contributed by atoms with Crippen molar-refractivity contribution in [3.8, 4) is 11.5 Å². The summed E-state index contributed by atoms with van der Waals surface area (Å²) in [4.78, 5) is 4.08. The van der Waals surface area contributed by atoms with Gasteiger partial charge in [-0.3, -0.25) is 0 Å². The third kappa shape index (κ3) is 4.17. The number of rotatable bonds is 5. The van der Waals surface area contributed by atoms with E-state index in [4.69, 9.17) is 16.2 Å². The van der Waals surface area contributed by atoms with Gasteiger partial charge in [0.2, 0.25) is 0 Å². The van der Waals surface area contributed by atoms with E-state index in [0.29, 0.717) is 11.6 Å². The third-order valence-electron chi connectivity index (χ3n) is 4.48. The van der Waals surface area contributed by atoms with Crippen LogP contribution in [0, 0.1) is 0 Å². The molecule has 2 heterocycles. The van der Waals surface area contributed by atoms with Crippen molar-refractivity contribution in [2.45, 2.75) is 18.9 Å². The molecule has 0 saturated carbocycles. The lowest BCUT2D eigenvalue weighted by molar-refractivity contribution is 0.481. The molecule has 0 spiro atoms. The molecule has 0 radical (unpaired) electrons. The number of azo groups is 1. The van der Waals surface area contributed by atoms with E-state index in [1.807, 2.05) is 60.7 Å². The molecule has 0 bridgehead atoms. The van der Waals surface area contributed by atoms with Gasteiger partial charge in [-0.15, -0.1) is 0 Å². The molecule has 3 aromatic rings. The van der Waals surface area contributed by atoms with Crippen LogP contribution in [0.2, 0.25) is 0 Å². The van der Waals surface area contributed by atoms with Crippen LogP contribution in [0.4, 0.5) is 11.6 Å². The van der Waals surface area contributed by atoms with Crippen LogP contribution < -0.4 is 16.2 Å². The highest BCUT2D eigenvalue weighted by atomic mass is 16.5. The largest absolute Gasteiger partial charge is 0.457 e. The number of hydrogen-bond donors (Lipinski definition) is 2. The predicted octanol–water partition coefficient (Wildman–Crippen LogP) is 4.85. The van der Waals surface area contributed by atoms with Crippen LogP contribution in [0.5, 0.6) is 11.5 Å². The van der Waals surface area contributed by atoms with Crippen LogP contribution in [0.1, 0.15) is 17.5 Å². The van der Waals surface area contributed by atoms with Gasteiger partial charge in [0.05, 0.1) is 11.7 Å². The molecule has 1 atom stereocenters. The third-order valence-corrected chi connectivity index (χ3v) is 4.48. The molecule has 6 nitrogen and oxygen atoms in total. The molecular weight excluding hydrogens is 350 g/mol. The molecule has 0 amide bonds. The summed E-state index contributed by atoms with van der Waals surface area (Å²) >= 11 is 0. The molecule has 6 heteroatoms. The van der Waals surface area contributed by atoms with E-state index in [1.165, 1.54) is 0 Å². The molecule has 1 aliphatic rings. The molecule has 4 rings (SSSR count). The maximum atomic E-state index is 5.94. The average molecular weight is 371 g/mol. The van der Waals surface area contributed by atoms with Crippen molar-refractivity contribution in [3.63, 3.8) is 0 Å². The first-order valence-electron chi connectivity index (χ1n) is 9.12. The first-order chi connectivity index (χ1) is 13.7. The Kier molecular flexibility index (Phi) is 5.01. The summed E-state index contributed by atoms with van der Waals surface area (Å²) in [7, 11) is 0. The normalized spacial score (nSPS) is 15.9. The number of para-hydroxylation sites is 1. The number of anilines is 2. The summed E-state index contributed by atoms with van der Waals surface area (Å²) in [6.07, 6.45) is 3.62. The molecule has 140 valence electrons. The zero-order chi connectivity index (χ0) is 19.3. The van der Waals surface area contributed by atoms with Crippen molar-refractivity contribution in [2.24, 2.45) is 10.2 Å². The van der Waals surface area contributed by atoms with Crippen LogP contribution in [0.3, 0.4) is 0 Å². The van der Waals surface area contributed by atoms with E-state index in [-0.39, 0.29) is 6.04 Å². The first kappa shape index (κ1) is 17.7. The first-order valence-corrected chi connectivity index (χ1v) is 9.12. The summed E-state index contributed by atoms with van der Waals surface area (Å²) in [5, 5.41) is 8.81. The Morgan fingerprint density at radius 2 is 1.75 bits per heavy atom. The van der Waals surface area contributed by atoms with Gasteiger partial charge in [-0.05, 0) is 54.8 Å². The van der Waals surface area contributed by atoms with Gasteiger partial charge < -0.3 is 16.2 Å². The second-order valence-corrected chi connectivity index (χ2v) is 6.63. The molecule has 0 saturated heterocycles. The number of benzene rings is 2. The lowest BCUT2D eigenvalue weighted by atomic mass is 10.0. The smallest absolute Gasteiger partial charge is 0.135 e. The van der Waals surface area contributed by atoms with Crippen molar-refractivity contribution in [1.82, 2.24) is 4.98 Å². The number of nitrogens with zero attached hydrogens (tertiary/aromatic N) is 3.